The normalized spacial score (nSPS) is 13.5. The number of hydrogen-bond donors (Lipinski definition) is 0. The van der Waals surface area contributed by atoms with Gasteiger partial charge in [0.2, 0.25) is 0 Å². The first kappa shape index (κ1) is 31.9. The average molecular weight is 455 g/mol. The first-order chi connectivity index (χ1) is 15.8. The molecule has 2 heteroatoms. The minimum atomic E-state index is 0.794. The van der Waals surface area contributed by atoms with Gasteiger partial charge >= 0.3 is 0 Å². The van der Waals surface area contributed by atoms with Gasteiger partial charge in [-0.15, -0.1) is 0 Å². The molecule has 0 aliphatic rings. The van der Waals surface area contributed by atoms with Crippen LogP contribution >= 0.6 is 0 Å². The Morgan fingerprint density at radius 2 is 0.719 bits per heavy atom. The van der Waals surface area contributed by atoms with Crippen LogP contribution in [0.1, 0.15) is 156 Å². The molecule has 0 spiro atoms. The minimum absolute atomic E-state index is 0.794. The lowest BCUT2D eigenvalue weighted by Crippen LogP contribution is -2.11. The summed E-state index contributed by atoms with van der Waals surface area (Å²) in [7, 11) is 0. The van der Waals surface area contributed by atoms with E-state index in [1.807, 2.05) is 0 Å². The van der Waals surface area contributed by atoms with Gasteiger partial charge in [-0.05, 0) is 50.4 Å². The molecular formula is C30H62O2. The van der Waals surface area contributed by atoms with E-state index in [1.165, 1.54) is 128 Å². The quantitative estimate of drug-likeness (QED) is 0.115. The highest BCUT2D eigenvalue weighted by Gasteiger charge is 2.09. The average Bonchev–Trinajstić information content (AvgIpc) is 2.81. The molecule has 2 unspecified atom stereocenters. The maximum absolute atomic E-state index is 6.07. The molecule has 32 heavy (non-hydrogen) atoms. The molecule has 0 aromatic carbocycles. The fourth-order valence-electron chi connectivity index (χ4n) is 4.59. The van der Waals surface area contributed by atoms with Gasteiger partial charge in [0, 0.05) is 26.4 Å². The van der Waals surface area contributed by atoms with Crippen LogP contribution in [0.4, 0.5) is 0 Å². The topological polar surface area (TPSA) is 18.5 Å². The lowest BCUT2D eigenvalue weighted by molar-refractivity contribution is 0.0816. The van der Waals surface area contributed by atoms with E-state index in [4.69, 9.17) is 9.47 Å². The lowest BCUT2D eigenvalue weighted by Gasteiger charge is -2.17. The highest BCUT2D eigenvalue weighted by Crippen LogP contribution is 2.19. The van der Waals surface area contributed by atoms with Crippen molar-refractivity contribution in [2.45, 2.75) is 156 Å². The minimum Gasteiger partial charge on any atom is -0.381 e. The Labute approximate surface area is 204 Å². The van der Waals surface area contributed by atoms with E-state index < -0.39 is 0 Å². The molecule has 2 nitrogen and oxygen atoms in total. The molecule has 194 valence electrons. The molecule has 0 saturated carbocycles. The van der Waals surface area contributed by atoms with E-state index in [9.17, 15) is 0 Å². The van der Waals surface area contributed by atoms with Crippen molar-refractivity contribution in [1.82, 2.24) is 0 Å². The van der Waals surface area contributed by atoms with Crippen molar-refractivity contribution in [2.75, 3.05) is 26.4 Å². The van der Waals surface area contributed by atoms with Gasteiger partial charge in [-0.1, -0.05) is 118 Å². The number of unbranched alkanes of at least 4 members (excludes halogenated alkanes) is 11. The molecule has 0 heterocycles. The fraction of sp³-hybridized carbons (Fsp3) is 1.00. The monoisotopic (exact) mass is 454 g/mol. The van der Waals surface area contributed by atoms with Crippen molar-refractivity contribution in [3.05, 3.63) is 0 Å². The zero-order valence-electron chi connectivity index (χ0n) is 22.9. The highest BCUT2D eigenvalue weighted by molar-refractivity contribution is 4.61. The first-order valence-corrected chi connectivity index (χ1v) is 14.9. The summed E-state index contributed by atoms with van der Waals surface area (Å²) in [4.78, 5) is 0. The molecule has 0 aliphatic carbocycles. The van der Waals surface area contributed by atoms with Crippen molar-refractivity contribution < 1.29 is 9.47 Å². The summed E-state index contributed by atoms with van der Waals surface area (Å²) < 4.78 is 12.1. The van der Waals surface area contributed by atoms with E-state index in [0.717, 1.165) is 38.3 Å². The van der Waals surface area contributed by atoms with E-state index >= 15 is 0 Å². The molecule has 0 aliphatic heterocycles. The van der Waals surface area contributed by atoms with Gasteiger partial charge in [-0.2, -0.15) is 0 Å². The molecule has 0 fully saturated rings. The van der Waals surface area contributed by atoms with Crippen molar-refractivity contribution in [2.24, 2.45) is 11.8 Å². The number of rotatable bonds is 27. The molecular weight excluding hydrogens is 392 g/mol. The zero-order valence-corrected chi connectivity index (χ0v) is 22.9. The van der Waals surface area contributed by atoms with Crippen LogP contribution in [0, 0.1) is 11.8 Å². The molecule has 0 saturated heterocycles. The Hall–Kier alpha value is -0.0800. The zero-order chi connectivity index (χ0) is 23.5. The van der Waals surface area contributed by atoms with Crippen molar-refractivity contribution in [1.29, 1.82) is 0 Å². The highest BCUT2D eigenvalue weighted by atomic mass is 16.5. The van der Waals surface area contributed by atoms with Crippen molar-refractivity contribution >= 4 is 0 Å². The summed E-state index contributed by atoms with van der Waals surface area (Å²) in [5.74, 6) is 1.59. The second-order valence-corrected chi connectivity index (χ2v) is 10.3. The van der Waals surface area contributed by atoms with Crippen LogP contribution in [0.2, 0.25) is 0 Å². The van der Waals surface area contributed by atoms with E-state index in [2.05, 4.69) is 27.7 Å². The lowest BCUT2D eigenvalue weighted by atomic mass is 9.96. The molecule has 0 rings (SSSR count). The molecule has 0 aromatic heterocycles. The Kier molecular flexibility index (Phi) is 27.1. The van der Waals surface area contributed by atoms with Gasteiger partial charge in [-0.3, -0.25) is 0 Å². The summed E-state index contributed by atoms with van der Waals surface area (Å²) in [6, 6.07) is 0. The summed E-state index contributed by atoms with van der Waals surface area (Å²) in [5.41, 5.74) is 0. The van der Waals surface area contributed by atoms with Gasteiger partial charge in [0.1, 0.15) is 0 Å². The van der Waals surface area contributed by atoms with Gasteiger partial charge < -0.3 is 9.47 Å². The van der Waals surface area contributed by atoms with Gasteiger partial charge in [-0.25, -0.2) is 0 Å². The Morgan fingerprint density at radius 1 is 0.375 bits per heavy atom. The standard InChI is InChI=1S/C30H62O2/c1-5-9-13-17-23-29(21-11-7-3)27-31-25-19-15-16-20-26-32-28-30(22-12-8-4)24-18-14-10-6-2/h29-30H,5-28H2,1-4H3. The van der Waals surface area contributed by atoms with Crippen LogP contribution in [0.25, 0.3) is 0 Å². The van der Waals surface area contributed by atoms with E-state index in [1.54, 1.807) is 0 Å². The Balaban J connectivity index is 3.67. The molecule has 2 atom stereocenters. The van der Waals surface area contributed by atoms with Gasteiger partial charge in [0.05, 0.1) is 0 Å². The maximum Gasteiger partial charge on any atom is 0.0494 e. The number of hydrogen-bond acceptors (Lipinski definition) is 2. The number of ether oxygens (including phenoxy) is 2. The van der Waals surface area contributed by atoms with Crippen molar-refractivity contribution in [3.63, 3.8) is 0 Å². The predicted molar refractivity (Wildman–Crippen MR) is 144 cm³/mol. The van der Waals surface area contributed by atoms with Crippen molar-refractivity contribution in [3.8, 4) is 0 Å². The van der Waals surface area contributed by atoms with Crippen LogP contribution in [-0.2, 0) is 9.47 Å². The SMILES string of the molecule is CCCCCCC(CCCC)COCCCCCCOCC(CCCC)CCCCCC. The Bertz CT molecular complexity index is 299. The summed E-state index contributed by atoms with van der Waals surface area (Å²) >= 11 is 0. The van der Waals surface area contributed by atoms with Crippen LogP contribution in [0.15, 0.2) is 0 Å². The summed E-state index contributed by atoms with van der Waals surface area (Å²) in [6.07, 6.45) is 26.8. The molecule has 0 bridgehead atoms. The van der Waals surface area contributed by atoms with Gasteiger partial charge in [0.25, 0.3) is 0 Å². The smallest absolute Gasteiger partial charge is 0.0494 e. The van der Waals surface area contributed by atoms with Crippen LogP contribution in [0.5, 0.6) is 0 Å². The molecule has 0 N–H and O–H groups in total. The predicted octanol–water partition coefficient (Wildman–Crippen LogP) is 10.1. The largest absolute Gasteiger partial charge is 0.381 e. The first-order valence-electron chi connectivity index (χ1n) is 14.9. The second-order valence-electron chi connectivity index (χ2n) is 10.3. The third-order valence-electron chi connectivity index (χ3n) is 6.90. The van der Waals surface area contributed by atoms with E-state index in [0.29, 0.717) is 0 Å². The molecule has 0 radical (unpaired) electrons. The molecule has 0 amide bonds. The third kappa shape index (κ3) is 23.1. The summed E-state index contributed by atoms with van der Waals surface area (Å²) in [6.45, 7) is 13.1. The van der Waals surface area contributed by atoms with Crippen LogP contribution in [0.3, 0.4) is 0 Å². The Morgan fingerprint density at radius 3 is 1.09 bits per heavy atom. The van der Waals surface area contributed by atoms with Crippen LogP contribution in [-0.4, -0.2) is 26.4 Å². The van der Waals surface area contributed by atoms with Gasteiger partial charge in [0.15, 0.2) is 0 Å². The second kappa shape index (κ2) is 27.2. The van der Waals surface area contributed by atoms with Crippen LogP contribution < -0.4 is 0 Å². The maximum atomic E-state index is 6.07. The summed E-state index contributed by atoms with van der Waals surface area (Å²) in [5, 5.41) is 0. The van der Waals surface area contributed by atoms with E-state index in [-0.39, 0.29) is 0 Å². The third-order valence-corrected chi connectivity index (χ3v) is 6.90. The fourth-order valence-corrected chi connectivity index (χ4v) is 4.59. The molecule has 0 aromatic rings.